The van der Waals surface area contributed by atoms with Gasteiger partial charge in [0.25, 0.3) is 0 Å². The molecule has 14 nitrogen and oxygen atoms in total. The van der Waals surface area contributed by atoms with Gasteiger partial charge >= 0.3 is 13.9 Å². The Morgan fingerprint density at radius 1 is 1.10 bits per heavy atom. The molecule has 4 N–H and O–H groups in total. The molecule has 0 radical (unpaired) electrons. The summed E-state index contributed by atoms with van der Waals surface area (Å²) >= 11 is 0. The van der Waals surface area contributed by atoms with Gasteiger partial charge in [-0.15, -0.1) is 0 Å². The van der Waals surface area contributed by atoms with E-state index in [0.717, 1.165) is 31.2 Å². The number of rotatable bonds is 10. The zero-order valence-electron chi connectivity index (χ0n) is 22.3. The lowest BCUT2D eigenvalue weighted by molar-refractivity contribution is -0.129. The quantitative estimate of drug-likeness (QED) is 0.156. The van der Waals surface area contributed by atoms with Crippen molar-refractivity contribution >= 4 is 30.8 Å². The van der Waals surface area contributed by atoms with Crippen LogP contribution in [-0.4, -0.2) is 73.1 Å². The number of hydrogen-bond acceptors (Lipinski definition) is 9. The SMILES string of the molecule is CCCCCCNC(=O)Nc1ncnc2c1ncn2[C@@H]1O[C@H](COP(=O)(O)O)C2OC(C#Cc3ccccc3)O[C@@H]21. The highest BCUT2D eigenvalue weighted by Crippen LogP contribution is 2.43. The molecule has 2 aliphatic rings. The average Bonchev–Trinajstić information content (AvgIpc) is 3.65. The summed E-state index contributed by atoms with van der Waals surface area (Å²) in [6.45, 7) is 2.21. The Labute approximate surface area is 236 Å². The van der Waals surface area contributed by atoms with E-state index in [1.807, 2.05) is 30.3 Å². The molecular weight excluding hydrogens is 555 g/mol. The maximum absolute atomic E-state index is 12.4. The van der Waals surface area contributed by atoms with Gasteiger partial charge < -0.3 is 29.3 Å². The van der Waals surface area contributed by atoms with E-state index in [1.54, 1.807) is 4.57 Å². The fourth-order valence-electron chi connectivity index (χ4n) is 4.63. The first-order chi connectivity index (χ1) is 19.8. The van der Waals surface area contributed by atoms with Crippen molar-refractivity contribution in [1.82, 2.24) is 24.8 Å². The van der Waals surface area contributed by atoms with E-state index < -0.39 is 51.3 Å². The number of nitrogens with one attached hydrogen (secondary N) is 2. The van der Waals surface area contributed by atoms with E-state index in [9.17, 15) is 19.1 Å². The maximum atomic E-state index is 12.4. The van der Waals surface area contributed by atoms with Crippen LogP contribution in [0.3, 0.4) is 0 Å². The molecule has 5 atom stereocenters. The molecule has 2 unspecified atom stereocenters. The van der Waals surface area contributed by atoms with Crippen LogP contribution in [0.25, 0.3) is 11.2 Å². The van der Waals surface area contributed by atoms with E-state index in [2.05, 4.69) is 44.4 Å². The minimum atomic E-state index is -4.77. The van der Waals surface area contributed by atoms with Crippen molar-refractivity contribution in [2.24, 2.45) is 0 Å². The smallest absolute Gasteiger partial charge is 0.347 e. The number of amides is 2. The van der Waals surface area contributed by atoms with Crippen molar-refractivity contribution in [3.63, 3.8) is 0 Å². The van der Waals surface area contributed by atoms with Crippen LogP contribution in [0, 0.1) is 11.8 Å². The molecule has 2 amide bonds. The number of ether oxygens (including phenoxy) is 3. The second kappa shape index (κ2) is 13.1. The maximum Gasteiger partial charge on any atom is 0.469 e. The number of unbranched alkanes of at least 4 members (excludes halogenated alkanes) is 3. The summed E-state index contributed by atoms with van der Waals surface area (Å²) in [4.78, 5) is 43.8. The first-order valence-electron chi connectivity index (χ1n) is 13.3. The van der Waals surface area contributed by atoms with Crippen LogP contribution in [0.5, 0.6) is 0 Å². The van der Waals surface area contributed by atoms with E-state index in [-0.39, 0.29) is 5.82 Å². The number of hydrogen-bond donors (Lipinski definition) is 4. The lowest BCUT2D eigenvalue weighted by Gasteiger charge is -2.20. The van der Waals surface area contributed by atoms with Crippen LogP contribution in [0.2, 0.25) is 0 Å². The summed E-state index contributed by atoms with van der Waals surface area (Å²) in [6, 6.07) is 8.89. The number of carbonyl (C=O) groups excluding carboxylic acids is 1. The summed E-state index contributed by atoms with van der Waals surface area (Å²) in [5, 5.41) is 5.52. The Hall–Kier alpha value is -3.41. The zero-order chi connectivity index (χ0) is 28.8. The van der Waals surface area contributed by atoms with Crippen molar-refractivity contribution in [1.29, 1.82) is 0 Å². The van der Waals surface area contributed by atoms with Gasteiger partial charge in [-0.1, -0.05) is 50.3 Å². The lowest BCUT2D eigenvalue weighted by atomic mass is 10.1. The topological polar surface area (TPSA) is 179 Å². The molecule has 2 saturated heterocycles. The van der Waals surface area contributed by atoms with Gasteiger partial charge in [0.1, 0.15) is 24.6 Å². The summed E-state index contributed by atoms with van der Waals surface area (Å²) in [7, 11) is -4.77. The highest BCUT2D eigenvalue weighted by Gasteiger charge is 2.54. The number of phosphoric ester groups is 1. The molecule has 1 aromatic carbocycles. The van der Waals surface area contributed by atoms with E-state index in [1.165, 1.54) is 12.7 Å². The number of anilines is 1. The largest absolute Gasteiger partial charge is 0.469 e. The lowest BCUT2D eigenvalue weighted by Crippen LogP contribution is -2.31. The Morgan fingerprint density at radius 2 is 1.90 bits per heavy atom. The molecule has 2 aliphatic heterocycles. The molecular formula is C26H31N6O8P. The van der Waals surface area contributed by atoms with Gasteiger partial charge in [0.2, 0.25) is 6.29 Å². The number of carbonyl (C=O) groups is 1. The summed E-state index contributed by atoms with van der Waals surface area (Å²) < 4.78 is 35.8. The molecule has 0 spiro atoms. The molecule has 0 saturated carbocycles. The Kier molecular flexibility index (Phi) is 9.26. The van der Waals surface area contributed by atoms with Crippen LogP contribution >= 0.6 is 7.82 Å². The standard InChI is InChI=1S/C26H31N6O8P/c1-2-3-4-8-13-27-26(33)31-23-20-24(29-15-28-23)32(16-30-20)25-22-21(18(38-25)14-37-41(34,35)36)39-19(40-22)12-11-17-9-6-5-7-10-17/h5-7,9-10,15-16,18-19,21-22,25H,2-4,8,13-14H2,1H3,(H2,34,35,36)(H2,27,28,29,31,33)/t18-,19?,21?,22+,25-/m1/s1. The third kappa shape index (κ3) is 7.27. The van der Waals surface area contributed by atoms with Crippen LogP contribution < -0.4 is 10.6 Å². The van der Waals surface area contributed by atoms with Gasteiger partial charge in [0, 0.05) is 12.1 Å². The first-order valence-corrected chi connectivity index (χ1v) is 14.8. The summed E-state index contributed by atoms with van der Waals surface area (Å²) in [5.74, 6) is 6.14. The molecule has 0 aliphatic carbocycles. The molecule has 2 aromatic heterocycles. The Bertz CT molecular complexity index is 1450. The molecule has 0 bridgehead atoms. The molecule has 3 aromatic rings. The van der Waals surface area contributed by atoms with Crippen molar-refractivity contribution < 1.29 is 37.9 Å². The van der Waals surface area contributed by atoms with Gasteiger partial charge in [0.05, 0.1) is 12.9 Å². The first kappa shape index (κ1) is 29.1. The van der Waals surface area contributed by atoms with Crippen molar-refractivity contribution in [2.45, 2.75) is 63.4 Å². The highest BCUT2D eigenvalue weighted by molar-refractivity contribution is 7.46. The minimum absolute atomic E-state index is 0.214. The van der Waals surface area contributed by atoms with E-state index in [0.29, 0.717) is 17.7 Å². The second-order valence-electron chi connectivity index (χ2n) is 9.51. The van der Waals surface area contributed by atoms with Gasteiger partial charge in [-0.05, 0) is 24.5 Å². The molecule has 2 fully saturated rings. The minimum Gasteiger partial charge on any atom is -0.347 e. The van der Waals surface area contributed by atoms with Gasteiger partial charge in [-0.2, -0.15) is 0 Å². The number of benzene rings is 1. The van der Waals surface area contributed by atoms with Gasteiger partial charge in [0.15, 0.2) is 23.2 Å². The summed E-state index contributed by atoms with van der Waals surface area (Å²) in [6.07, 6.45) is 2.74. The second-order valence-corrected chi connectivity index (χ2v) is 10.7. The van der Waals surface area contributed by atoms with Gasteiger partial charge in [-0.3, -0.25) is 14.4 Å². The molecule has 5 rings (SSSR count). The van der Waals surface area contributed by atoms with Crippen LogP contribution in [0.4, 0.5) is 10.6 Å². The number of nitrogens with zero attached hydrogens (tertiary/aromatic N) is 4. The normalized spacial score (nSPS) is 23.6. The average molecular weight is 587 g/mol. The van der Waals surface area contributed by atoms with Gasteiger partial charge in [-0.25, -0.2) is 24.3 Å². The van der Waals surface area contributed by atoms with Crippen molar-refractivity contribution in [3.05, 3.63) is 48.5 Å². The summed E-state index contributed by atoms with van der Waals surface area (Å²) in [5.41, 5.74) is 1.44. The van der Waals surface area contributed by atoms with E-state index in [4.69, 9.17) is 18.7 Å². The third-order valence-corrected chi connectivity index (χ3v) is 7.03. The Morgan fingerprint density at radius 3 is 2.68 bits per heavy atom. The van der Waals surface area contributed by atoms with Crippen LogP contribution in [0.15, 0.2) is 43.0 Å². The molecule has 41 heavy (non-hydrogen) atoms. The molecule has 4 heterocycles. The molecule has 15 heteroatoms. The molecule has 218 valence electrons. The fraction of sp³-hybridized carbons (Fsp3) is 0.462. The number of phosphoric acid groups is 1. The predicted octanol–water partition coefficient (Wildman–Crippen LogP) is 2.70. The third-order valence-electron chi connectivity index (χ3n) is 6.54. The van der Waals surface area contributed by atoms with Crippen LogP contribution in [0.1, 0.15) is 44.4 Å². The highest BCUT2D eigenvalue weighted by atomic mass is 31.2. The van der Waals surface area contributed by atoms with Crippen LogP contribution in [-0.2, 0) is 23.3 Å². The van der Waals surface area contributed by atoms with Crippen molar-refractivity contribution in [3.8, 4) is 11.8 Å². The number of urea groups is 1. The van der Waals surface area contributed by atoms with Crippen molar-refractivity contribution in [2.75, 3.05) is 18.5 Å². The monoisotopic (exact) mass is 586 g/mol. The fourth-order valence-corrected chi connectivity index (χ4v) is 4.97. The zero-order valence-corrected chi connectivity index (χ0v) is 23.1. The number of imidazole rings is 1. The predicted molar refractivity (Wildman–Crippen MR) is 145 cm³/mol. The van der Waals surface area contributed by atoms with E-state index >= 15 is 0 Å². The number of aromatic nitrogens is 4. The number of fused-ring (bicyclic) bond motifs is 2. The Balaban J connectivity index is 1.34.